The quantitative estimate of drug-likeness (QED) is 0.274. The number of esters is 1. The van der Waals surface area contributed by atoms with Crippen LogP contribution in [0.5, 0.6) is 0 Å². The summed E-state index contributed by atoms with van der Waals surface area (Å²) in [4.78, 5) is 22.2. The third-order valence-electron chi connectivity index (χ3n) is 2.65. The normalized spacial score (nSPS) is 9.44. The van der Waals surface area contributed by atoms with E-state index in [9.17, 15) is 9.59 Å². The maximum atomic E-state index is 11.4. The molecule has 102 valence electrons. The van der Waals surface area contributed by atoms with Gasteiger partial charge in [0.05, 0.1) is 7.11 Å². The van der Waals surface area contributed by atoms with E-state index in [1.54, 1.807) is 0 Å². The van der Waals surface area contributed by atoms with E-state index < -0.39 is 0 Å². The molecular weight excluding hydrogens is 228 g/mol. The van der Waals surface area contributed by atoms with E-state index in [2.05, 4.69) is 23.5 Å². The molecule has 0 rings (SSSR count). The van der Waals surface area contributed by atoms with Crippen LogP contribution in [0.25, 0.3) is 0 Å². The summed E-state index contributed by atoms with van der Waals surface area (Å²) in [6, 6.07) is 0. The predicted molar refractivity (Wildman–Crippen MR) is 72.0 cm³/mol. The Morgan fingerprint density at radius 2 is 1.72 bits per heavy atom. The van der Waals surface area contributed by atoms with Crippen molar-refractivity contribution in [3.8, 4) is 11.8 Å². The Hall–Kier alpha value is -1.30. The largest absolute Gasteiger partial charge is 0.469 e. The lowest BCUT2D eigenvalue weighted by Crippen LogP contribution is -1.98. The van der Waals surface area contributed by atoms with Crippen LogP contribution >= 0.6 is 0 Å². The van der Waals surface area contributed by atoms with Crippen molar-refractivity contribution in [1.82, 2.24) is 0 Å². The number of Topliss-reactive ketones (excluding diaryl/α,β-unsaturated/α-hetero) is 1. The predicted octanol–water partition coefficient (Wildman–Crippen LogP) is 3.26. The summed E-state index contributed by atoms with van der Waals surface area (Å²) in [5.74, 6) is 5.23. The van der Waals surface area contributed by atoms with Crippen LogP contribution in [0.3, 0.4) is 0 Å². The Morgan fingerprint density at radius 1 is 1.00 bits per heavy atom. The minimum absolute atomic E-state index is 0.0181. The number of ketones is 1. The van der Waals surface area contributed by atoms with Gasteiger partial charge in [0.2, 0.25) is 5.78 Å². The second-order valence-electron chi connectivity index (χ2n) is 4.32. The van der Waals surface area contributed by atoms with E-state index in [1.165, 1.54) is 26.4 Å². The monoisotopic (exact) mass is 252 g/mol. The van der Waals surface area contributed by atoms with E-state index in [-0.39, 0.29) is 11.8 Å². The molecule has 0 saturated heterocycles. The van der Waals surface area contributed by atoms with Gasteiger partial charge in [-0.2, -0.15) is 0 Å². The standard InChI is InChI=1S/C15H24O3/c1-3-4-5-6-8-11-14(16)12-9-7-10-13-15(17)18-2/h3-8,10-11,13H2,1-2H3. The van der Waals surface area contributed by atoms with E-state index in [0.717, 1.165) is 12.8 Å². The van der Waals surface area contributed by atoms with Gasteiger partial charge in [-0.1, -0.05) is 38.5 Å². The van der Waals surface area contributed by atoms with Crippen LogP contribution in [0.1, 0.15) is 64.7 Å². The zero-order valence-electron chi connectivity index (χ0n) is 11.6. The number of hydrogen-bond acceptors (Lipinski definition) is 3. The first-order valence-electron chi connectivity index (χ1n) is 6.79. The summed E-state index contributed by atoms with van der Waals surface area (Å²) in [7, 11) is 1.37. The molecule has 0 aromatic carbocycles. The van der Waals surface area contributed by atoms with Crippen LogP contribution in [-0.2, 0) is 14.3 Å². The first kappa shape index (κ1) is 16.7. The second kappa shape index (κ2) is 12.2. The molecule has 3 nitrogen and oxygen atoms in total. The Bertz CT molecular complexity index is 297. The van der Waals surface area contributed by atoms with Gasteiger partial charge in [-0.3, -0.25) is 9.59 Å². The first-order valence-corrected chi connectivity index (χ1v) is 6.79. The van der Waals surface area contributed by atoms with Gasteiger partial charge in [-0.25, -0.2) is 0 Å². The van der Waals surface area contributed by atoms with Crippen LogP contribution in [-0.4, -0.2) is 18.9 Å². The molecule has 0 radical (unpaired) electrons. The van der Waals surface area contributed by atoms with Crippen molar-refractivity contribution in [1.29, 1.82) is 0 Å². The molecule has 0 unspecified atom stereocenters. The molecule has 0 atom stereocenters. The van der Waals surface area contributed by atoms with Gasteiger partial charge in [-0.15, -0.1) is 0 Å². The van der Waals surface area contributed by atoms with Crippen molar-refractivity contribution in [2.24, 2.45) is 0 Å². The topological polar surface area (TPSA) is 43.4 Å². The summed E-state index contributed by atoms with van der Waals surface area (Å²) in [5.41, 5.74) is 0. The summed E-state index contributed by atoms with van der Waals surface area (Å²) >= 11 is 0. The number of unbranched alkanes of at least 4 members (excludes halogenated alkanes) is 5. The zero-order valence-corrected chi connectivity index (χ0v) is 11.6. The smallest absolute Gasteiger partial charge is 0.305 e. The molecule has 18 heavy (non-hydrogen) atoms. The second-order valence-corrected chi connectivity index (χ2v) is 4.32. The van der Waals surface area contributed by atoms with Crippen molar-refractivity contribution in [3.05, 3.63) is 0 Å². The third kappa shape index (κ3) is 11.2. The number of carbonyl (C=O) groups excluding carboxylic acids is 2. The van der Waals surface area contributed by atoms with Crippen molar-refractivity contribution in [3.63, 3.8) is 0 Å². The highest BCUT2D eigenvalue weighted by Gasteiger charge is 1.98. The van der Waals surface area contributed by atoms with E-state index in [0.29, 0.717) is 25.7 Å². The number of hydrogen-bond donors (Lipinski definition) is 0. The molecule has 0 fully saturated rings. The molecule has 0 aromatic rings. The fraction of sp³-hybridized carbons (Fsp3) is 0.733. The summed E-state index contributed by atoms with van der Waals surface area (Å²) in [5, 5.41) is 0. The van der Waals surface area contributed by atoms with Crippen LogP contribution in [0.15, 0.2) is 0 Å². The zero-order chi connectivity index (χ0) is 13.6. The molecule has 0 aromatic heterocycles. The van der Waals surface area contributed by atoms with Gasteiger partial charge < -0.3 is 4.74 Å². The molecule has 0 N–H and O–H groups in total. The average Bonchev–Trinajstić information content (AvgIpc) is 2.37. The summed E-state index contributed by atoms with van der Waals surface area (Å²) < 4.78 is 4.51. The lowest BCUT2D eigenvalue weighted by Gasteiger charge is -1.96. The van der Waals surface area contributed by atoms with E-state index in [4.69, 9.17) is 0 Å². The van der Waals surface area contributed by atoms with Crippen molar-refractivity contribution in [2.45, 2.75) is 64.7 Å². The Balaban J connectivity index is 3.48. The maximum absolute atomic E-state index is 11.4. The first-order chi connectivity index (χ1) is 8.70. The van der Waals surface area contributed by atoms with Crippen molar-refractivity contribution >= 4 is 11.8 Å². The van der Waals surface area contributed by atoms with Crippen LogP contribution in [0.2, 0.25) is 0 Å². The van der Waals surface area contributed by atoms with E-state index >= 15 is 0 Å². The van der Waals surface area contributed by atoms with Crippen LogP contribution in [0.4, 0.5) is 0 Å². The number of ether oxygens (including phenoxy) is 1. The third-order valence-corrected chi connectivity index (χ3v) is 2.65. The van der Waals surface area contributed by atoms with Gasteiger partial charge in [0.1, 0.15) is 0 Å². The highest BCUT2D eigenvalue weighted by molar-refractivity contribution is 5.95. The Morgan fingerprint density at radius 3 is 2.39 bits per heavy atom. The molecule has 0 heterocycles. The molecule has 0 spiro atoms. The lowest BCUT2D eigenvalue weighted by atomic mass is 10.1. The highest BCUT2D eigenvalue weighted by Crippen LogP contribution is 2.05. The molecule has 0 aliphatic heterocycles. The molecule has 3 heteroatoms. The molecule has 0 aliphatic carbocycles. The minimum Gasteiger partial charge on any atom is -0.469 e. The van der Waals surface area contributed by atoms with Crippen molar-refractivity contribution in [2.75, 3.05) is 7.11 Å². The number of carbonyl (C=O) groups is 2. The van der Waals surface area contributed by atoms with Gasteiger partial charge in [-0.05, 0) is 18.8 Å². The minimum atomic E-state index is -0.223. The van der Waals surface area contributed by atoms with Crippen LogP contribution < -0.4 is 0 Å². The molecule has 0 aliphatic rings. The Labute approximate surface area is 110 Å². The van der Waals surface area contributed by atoms with Gasteiger partial charge in [0, 0.05) is 19.3 Å². The molecule has 0 saturated carbocycles. The van der Waals surface area contributed by atoms with Gasteiger partial charge in [0.15, 0.2) is 0 Å². The average molecular weight is 252 g/mol. The molecule has 0 amide bonds. The molecular formula is C15H24O3. The maximum Gasteiger partial charge on any atom is 0.305 e. The molecule has 0 bridgehead atoms. The fourth-order valence-corrected chi connectivity index (χ4v) is 1.54. The summed E-state index contributed by atoms with van der Waals surface area (Å²) in [6.45, 7) is 2.17. The van der Waals surface area contributed by atoms with Crippen LogP contribution in [0, 0.1) is 11.8 Å². The summed E-state index contributed by atoms with van der Waals surface area (Å²) in [6.07, 6.45) is 7.89. The Kier molecular flexibility index (Phi) is 11.3. The fourth-order valence-electron chi connectivity index (χ4n) is 1.54. The number of methoxy groups -OCH3 is 1. The van der Waals surface area contributed by atoms with Gasteiger partial charge in [0.25, 0.3) is 0 Å². The van der Waals surface area contributed by atoms with Crippen molar-refractivity contribution < 1.29 is 14.3 Å². The van der Waals surface area contributed by atoms with E-state index in [1.807, 2.05) is 0 Å². The highest BCUT2D eigenvalue weighted by atomic mass is 16.5. The number of rotatable bonds is 9. The SMILES string of the molecule is CCCCCCCC(=O)C#CCCCC(=O)OC. The lowest BCUT2D eigenvalue weighted by molar-refractivity contribution is -0.140. The van der Waals surface area contributed by atoms with Gasteiger partial charge >= 0.3 is 5.97 Å².